The van der Waals surface area contributed by atoms with E-state index in [1.165, 1.54) is 11.3 Å². The number of hydrogen-bond acceptors (Lipinski definition) is 4. The minimum Gasteiger partial charge on any atom is -0.390 e. The summed E-state index contributed by atoms with van der Waals surface area (Å²) in [5.74, 6) is -0.230. The highest BCUT2D eigenvalue weighted by molar-refractivity contribution is 7.15. The van der Waals surface area contributed by atoms with Gasteiger partial charge in [0.1, 0.15) is 0 Å². The molecule has 0 aliphatic carbocycles. The lowest BCUT2D eigenvalue weighted by Gasteiger charge is -2.08. The minimum atomic E-state index is -0.230. The number of nitrogen functional groups attached to an aromatic ring is 1. The van der Waals surface area contributed by atoms with Crippen molar-refractivity contribution < 1.29 is 9.53 Å². The van der Waals surface area contributed by atoms with Gasteiger partial charge in [-0.1, -0.05) is 29.3 Å². The molecule has 0 atom stereocenters. The average molecular weight is 345 g/mol. The molecular weight excluding hydrogens is 331 g/mol. The van der Waals surface area contributed by atoms with E-state index in [2.05, 4.69) is 5.32 Å². The Balaban J connectivity index is 2.33. The number of ether oxygens (including phenoxy) is 1. The van der Waals surface area contributed by atoms with Crippen LogP contribution in [0.25, 0.3) is 11.1 Å². The molecule has 4 nitrogen and oxygen atoms in total. The molecule has 112 valence electrons. The molecule has 0 spiro atoms. The second kappa shape index (κ2) is 7.13. The van der Waals surface area contributed by atoms with E-state index >= 15 is 0 Å². The van der Waals surface area contributed by atoms with Gasteiger partial charge in [-0.3, -0.25) is 4.79 Å². The van der Waals surface area contributed by atoms with Crippen LogP contribution in [-0.4, -0.2) is 26.2 Å². The molecule has 21 heavy (non-hydrogen) atoms. The molecule has 1 heterocycles. The van der Waals surface area contributed by atoms with Gasteiger partial charge in [0.25, 0.3) is 5.91 Å². The summed E-state index contributed by atoms with van der Waals surface area (Å²) in [6.07, 6.45) is 0. The van der Waals surface area contributed by atoms with E-state index < -0.39 is 0 Å². The summed E-state index contributed by atoms with van der Waals surface area (Å²) in [6.45, 7) is 0.864. The second-order valence-corrected chi connectivity index (χ2v) is 5.99. The maximum absolute atomic E-state index is 12.2. The zero-order chi connectivity index (χ0) is 15.4. The number of nitrogens with two attached hydrogens (primary N) is 1. The van der Waals surface area contributed by atoms with Gasteiger partial charge in [-0.25, -0.2) is 0 Å². The first-order chi connectivity index (χ1) is 10.0. The molecule has 0 unspecified atom stereocenters. The number of carbonyl (C=O) groups excluding carboxylic acids is 1. The van der Waals surface area contributed by atoms with Crippen molar-refractivity contribution in [1.29, 1.82) is 0 Å². The van der Waals surface area contributed by atoms with Gasteiger partial charge in [-0.15, -0.1) is 11.3 Å². The molecule has 2 aromatic rings. The molecule has 2 rings (SSSR count). The van der Waals surface area contributed by atoms with Crippen LogP contribution in [0.4, 0.5) is 5.00 Å². The van der Waals surface area contributed by atoms with Crippen molar-refractivity contribution in [2.45, 2.75) is 0 Å². The van der Waals surface area contributed by atoms with Gasteiger partial charge in [-0.2, -0.15) is 0 Å². The molecule has 1 amide bonds. The number of halogens is 2. The van der Waals surface area contributed by atoms with Crippen LogP contribution in [0, 0.1) is 0 Å². The molecule has 0 aliphatic rings. The van der Waals surface area contributed by atoms with Crippen LogP contribution in [0.15, 0.2) is 23.6 Å². The third-order valence-electron chi connectivity index (χ3n) is 2.87. The standard InChI is InChI=1S/C14H14Cl2N2O2S/c1-20-5-4-18-14(19)12-9(7-21-13(12)17)8-2-3-10(15)11(16)6-8/h2-3,6-7H,4-5,17H2,1H3,(H,18,19). The topological polar surface area (TPSA) is 64.3 Å². The van der Waals surface area contributed by atoms with Crippen LogP contribution in [0.3, 0.4) is 0 Å². The van der Waals surface area contributed by atoms with Gasteiger partial charge in [0.05, 0.1) is 27.2 Å². The molecule has 1 aromatic carbocycles. The molecule has 0 aliphatic heterocycles. The van der Waals surface area contributed by atoms with Gasteiger partial charge in [0, 0.05) is 24.6 Å². The van der Waals surface area contributed by atoms with Gasteiger partial charge < -0.3 is 15.8 Å². The lowest BCUT2D eigenvalue weighted by atomic mass is 10.0. The molecular formula is C14H14Cl2N2O2S. The summed E-state index contributed by atoms with van der Waals surface area (Å²) in [6, 6.07) is 5.22. The lowest BCUT2D eigenvalue weighted by molar-refractivity contribution is 0.0939. The Bertz CT molecular complexity index is 658. The van der Waals surface area contributed by atoms with Crippen molar-refractivity contribution >= 4 is 45.4 Å². The van der Waals surface area contributed by atoms with Crippen molar-refractivity contribution in [2.75, 3.05) is 26.0 Å². The zero-order valence-corrected chi connectivity index (χ0v) is 13.6. The number of thiophene rings is 1. The van der Waals surface area contributed by atoms with E-state index in [1.54, 1.807) is 19.2 Å². The molecule has 0 bridgehead atoms. The second-order valence-electron chi connectivity index (χ2n) is 4.27. The summed E-state index contributed by atoms with van der Waals surface area (Å²) in [5.41, 5.74) is 7.91. The van der Waals surface area contributed by atoms with Crippen LogP contribution < -0.4 is 11.1 Å². The highest BCUT2D eigenvalue weighted by atomic mass is 35.5. The Morgan fingerprint density at radius 1 is 1.38 bits per heavy atom. The Kier molecular flexibility index (Phi) is 5.47. The SMILES string of the molecule is COCCNC(=O)c1c(-c2ccc(Cl)c(Cl)c2)csc1N. The number of carbonyl (C=O) groups is 1. The largest absolute Gasteiger partial charge is 0.390 e. The summed E-state index contributed by atoms with van der Waals surface area (Å²) < 4.78 is 4.91. The smallest absolute Gasteiger partial charge is 0.254 e. The van der Waals surface area contributed by atoms with E-state index in [-0.39, 0.29) is 5.91 Å². The van der Waals surface area contributed by atoms with Crippen LogP contribution >= 0.6 is 34.5 Å². The third kappa shape index (κ3) is 3.68. The van der Waals surface area contributed by atoms with Crippen molar-refractivity contribution in [3.8, 4) is 11.1 Å². The molecule has 1 aromatic heterocycles. The van der Waals surface area contributed by atoms with Crippen LogP contribution in [0.1, 0.15) is 10.4 Å². The van der Waals surface area contributed by atoms with Crippen molar-refractivity contribution in [1.82, 2.24) is 5.32 Å². The highest BCUT2D eigenvalue weighted by Gasteiger charge is 2.18. The maximum atomic E-state index is 12.2. The van der Waals surface area contributed by atoms with E-state index in [1.807, 2.05) is 11.4 Å². The summed E-state index contributed by atoms with van der Waals surface area (Å²) >= 11 is 13.3. The fraction of sp³-hybridized carbons (Fsp3) is 0.214. The van der Waals surface area contributed by atoms with Gasteiger partial charge in [-0.05, 0) is 17.7 Å². The Labute approximate surface area is 136 Å². The minimum absolute atomic E-state index is 0.230. The Morgan fingerprint density at radius 3 is 2.81 bits per heavy atom. The molecule has 3 N–H and O–H groups in total. The Morgan fingerprint density at radius 2 is 2.14 bits per heavy atom. The molecule has 0 fully saturated rings. The predicted octanol–water partition coefficient (Wildman–Crippen LogP) is 3.68. The molecule has 7 heteroatoms. The fourth-order valence-electron chi connectivity index (χ4n) is 1.84. The zero-order valence-electron chi connectivity index (χ0n) is 11.3. The van der Waals surface area contributed by atoms with Crippen molar-refractivity contribution in [3.05, 3.63) is 39.2 Å². The number of benzene rings is 1. The number of rotatable bonds is 5. The molecule has 0 saturated carbocycles. The van der Waals surface area contributed by atoms with Crippen molar-refractivity contribution in [3.63, 3.8) is 0 Å². The highest BCUT2D eigenvalue weighted by Crippen LogP contribution is 2.36. The van der Waals surface area contributed by atoms with Crippen molar-refractivity contribution in [2.24, 2.45) is 0 Å². The van der Waals surface area contributed by atoms with E-state index in [0.29, 0.717) is 33.8 Å². The monoisotopic (exact) mass is 344 g/mol. The summed E-state index contributed by atoms with van der Waals surface area (Å²) in [4.78, 5) is 12.2. The number of hydrogen-bond donors (Lipinski definition) is 2. The van der Waals surface area contributed by atoms with E-state index in [4.69, 9.17) is 33.7 Å². The first-order valence-electron chi connectivity index (χ1n) is 6.14. The molecule has 0 saturated heterocycles. The van der Waals surface area contributed by atoms with Crippen LogP contribution in [0.2, 0.25) is 10.0 Å². The van der Waals surface area contributed by atoms with Gasteiger partial charge in [0.2, 0.25) is 0 Å². The molecule has 0 radical (unpaired) electrons. The summed E-state index contributed by atoms with van der Waals surface area (Å²) in [7, 11) is 1.58. The normalized spacial score (nSPS) is 10.6. The lowest BCUT2D eigenvalue weighted by Crippen LogP contribution is -2.27. The van der Waals surface area contributed by atoms with Gasteiger partial charge >= 0.3 is 0 Å². The summed E-state index contributed by atoms with van der Waals surface area (Å²) in [5, 5.41) is 5.97. The number of anilines is 1. The first-order valence-corrected chi connectivity index (χ1v) is 7.77. The Hall–Kier alpha value is -1.27. The van der Waals surface area contributed by atoms with Gasteiger partial charge in [0.15, 0.2) is 0 Å². The predicted molar refractivity (Wildman–Crippen MR) is 88.4 cm³/mol. The maximum Gasteiger partial charge on any atom is 0.254 e. The van der Waals surface area contributed by atoms with Crippen LogP contribution in [0.5, 0.6) is 0 Å². The average Bonchev–Trinajstić information content (AvgIpc) is 2.84. The number of methoxy groups -OCH3 is 1. The number of amides is 1. The fourth-order valence-corrected chi connectivity index (χ4v) is 2.96. The number of nitrogens with one attached hydrogen (secondary N) is 1. The quantitative estimate of drug-likeness (QED) is 0.813. The first kappa shape index (κ1) is 16.1. The van der Waals surface area contributed by atoms with Crippen LogP contribution in [-0.2, 0) is 4.74 Å². The van der Waals surface area contributed by atoms with E-state index in [9.17, 15) is 4.79 Å². The third-order valence-corrected chi connectivity index (χ3v) is 4.42. The van der Waals surface area contributed by atoms with E-state index in [0.717, 1.165) is 11.1 Å².